The molecule has 0 saturated carbocycles. The van der Waals surface area contributed by atoms with E-state index in [1.807, 2.05) is 0 Å². The van der Waals surface area contributed by atoms with Crippen LogP contribution >= 0.6 is 23.8 Å². The van der Waals surface area contributed by atoms with E-state index in [1.165, 1.54) is 18.3 Å². The first kappa shape index (κ1) is 13.7. The maximum atomic E-state index is 12.7. The van der Waals surface area contributed by atoms with Crippen molar-refractivity contribution < 1.29 is 4.39 Å². The van der Waals surface area contributed by atoms with Crippen molar-refractivity contribution >= 4 is 34.7 Å². The molecule has 1 aromatic carbocycles. The number of rotatable bonds is 3. The van der Waals surface area contributed by atoms with Crippen molar-refractivity contribution in [3.63, 3.8) is 0 Å². The van der Waals surface area contributed by atoms with Gasteiger partial charge < -0.3 is 10.6 Å². The lowest BCUT2D eigenvalue weighted by atomic mass is 10.2. The number of pyridine rings is 1. The molecule has 0 aliphatic rings. The van der Waals surface area contributed by atoms with E-state index in [0.29, 0.717) is 22.5 Å². The number of hydrogen-bond donors (Lipinski definition) is 2. The third-order valence-corrected chi connectivity index (χ3v) is 2.81. The maximum absolute atomic E-state index is 12.7. The summed E-state index contributed by atoms with van der Waals surface area (Å²) in [4.78, 5) is 4.06. The number of nitrogens with zero attached hydrogens (tertiary/aromatic N) is 1. The number of anilines is 1. The van der Waals surface area contributed by atoms with Crippen molar-refractivity contribution in [1.82, 2.24) is 10.3 Å². The van der Waals surface area contributed by atoms with Crippen LogP contribution in [-0.2, 0) is 6.54 Å². The fraction of sp³-hybridized carbons (Fsp3) is 0.0769. The summed E-state index contributed by atoms with van der Waals surface area (Å²) >= 11 is 10.9. The summed E-state index contributed by atoms with van der Waals surface area (Å²) < 4.78 is 12.7. The normalized spacial score (nSPS) is 10.0. The number of thiocarbonyl (C=S) groups is 1. The molecule has 0 radical (unpaired) electrons. The highest BCUT2D eigenvalue weighted by atomic mass is 35.5. The Morgan fingerprint density at radius 2 is 1.95 bits per heavy atom. The van der Waals surface area contributed by atoms with Crippen LogP contribution in [0, 0.1) is 5.82 Å². The second-order valence-corrected chi connectivity index (χ2v) is 4.64. The van der Waals surface area contributed by atoms with E-state index in [1.54, 1.807) is 24.3 Å². The summed E-state index contributed by atoms with van der Waals surface area (Å²) in [5.74, 6) is 0.357. The Morgan fingerprint density at radius 1 is 1.21 bits per heavy atom. The van der Waals surface area contributed by atoms with Gasteiger partial charge in [-0.05, 0) is 42.0 Å². The minimum atomic E-state index is -0.255. The van der Waals surface area contributed by atoms with E-state index in [9.17, 15) is 4.39 Å². The summed E-state index contributed by atoms with van der Waals surface area (Å²) in [5, 5.41) is 6.94. The van der Waals surface area contributed by atoms with Crippen LogP contribution in [0.2, 0.25) is 5.02 Å². The van der Waals surface area contributed by atoms with Gasteiger partial charge in [0, 0.05) is 12.7 Å². The van der Waals surface area contributed by atoms with Gasteiger partial charge in [0.05, 0.1) is 5.02 Å². The molecule has 3 nitrogen and oxygen atoms in total. The molecule has 0 amide bonds. The molecule has 0 atom stereocenters. The molecule has 0 saturated heterocycles. The minimum Gasteiger partial charge on any atom is -0.358 e. The lowest BCUT2D eigenvalue weighted by molar-refractivity contribution is 0.627. The molecule has 1 heterocycles. The van der Waals surface area contributed by atoms with E-state index in [0.717, 1.165) is 5.56 Å². The third-order valence-electron chi connectivity index (χ3n) is 2.34. The third kappa shape index (κ3) is 4.46. The topological polar surface area (TPSA) is 37.0 Å². The van der Waals surface area contributed by atoms with Crippen molar-refractivity contribution in [1.29, 1.82) is 0 Å². The molecule has 19 heavy (non-hydrogen) atoms. The smallest absolute Gasteiger partial charge is 0.172 e. The molecule has 0 fully saturated rings. The van der Waals surface area contributed by atoms with Gasteiger partial charge >= 0.3 is 0 Å². The van der Waals surface area contributed by atoms with E-state index in [2.05, 4.69) is 15.6 Å². The molecule has 0 bridgehead atoms. The highest BCUT2D eigenvalue weighted by Crippen LogP contribution is 2.09. The molecular weight excluding hydrogens is 285 g/mol. The monoisotopic (exact) mass is 295 g/mol. The van der Waals surface area contributed by atoms with Crippen molar-refractivity contribution in [3.05, 3.63) is 59.0 Å². The number of hydrogen-bond acceptors (Lipinski definition) is 2. The number of nitrogens with one attached hydrogen (secondary N) is 2. The first-order valence-electron chi connectivity index (χ1n) is 5.54. The molecule has 0 spiro atoms. The molecule has 0 aliphatic heterocycles. The zero-order chi connectivity index (χ0) is 13.7. The Hall–Kier alpha value is -1.72. The van der Waals surface area contributed by atoms with Crippen molar-refractivity contribution in [2.24, 2.45) is 0 Å². The van der Waals surface area contributed by atoms with Crippen LogP contribution in [0.5, 0.6) is 0 Å². The van der Waals surface area contributed by atoms with Gasteiger partial charge in [-0.15, -0.1) is 0 Å². The van der Waals surface area contributed by atoms with Gasteiger partial charge in [0.2, 0.25) is 0 Å². The van der Waals surface area contributed by atoms with Crippen LogP contribution < -0.4 is 10.6 Å². The molecule has 6 heteroatoms. The zero-order valence-corrected chi connectivity index (χ0v) is 11.4. The summed E-state index contributed by atoms with van der Waals surface area (Å²) in [5.41, 5.74) is 0.939. The molecule has 2 aromatic rings. The average Bonchev–Trinajstić information content (AvgIpc) is 2.41. The first-order valence-corrected chi connectivity index (χ1v) is 6.33. The largest absolute Gasteiger partial charge is 0.358 e. The molecule has 98 valence electrons. The fourth-order valence-electron chi connectivity index (χ4n) is 1.39. The van der Waals surface area contributed by atoms with E-state index in [4.69, 9.17) is 23.8 Å². The average molecular weight is 296 g/mol. The van der Waals surface area contributed by atoms with Crippen LogP contribution in [0.1, 0.15) is 5.56 Å². The van der Waals surface area contributed by atoms with E-state index < -0.39 is 0 Å². The van der Waals surface area contributed by atoms with Gasteiger partial charge in [-0.2, -0.15) is 0 Å². The van der Waals surface area contributed by atoms with Crippen molar-refractivity contribution in [3.8, 4) is 0 Å². The number of aromatic nitrogens is 1. The summed E-state index contributed by atoms with van der Waals surface area (Å²) in [6.45, 7) is 0.514. The molecule has 0 aliphatic carbocycles. The zero-order valence-electron chi connectivity index (χ0n) is 9.86. The molecule has 2 rings (SSSR count). The highest BCUT2D eigenvalue weighted by Gasteiger charge is 1.99. The van der Waals surface area contributed by atoms with Gasteiger partial charge in [-0.3, -0.25) is 0 Å². The number of halogens is 2. The lowest BCUT2D eigenvalue weighted by Crippen LogP contribution is -2.28. The van der Waals surface area contributed by atoms with Crippen LogP contribution in [-0.4, -0.2) is 10.1 Å². The van der Waals surface area contributed by atoms with Crippen LogP contribution in [0.15, 0.2) is 42.6 Å². The van der Waals surface area contributed by atoms with E-state index in [-0.39, 0.29) is 5.82 Å². The van der Waals surface area contributed by atoms with Crippen LogP contribution in [0.25, 0.3) is 0 Å². The highest BCUT2D eigenvalue weighted by molar-refractivity contribution is 7.80. The lowest BCUT2D eigenvalue weighted by Gasteiger charge is -2.09. The Morgan fingerprint density at radius 3 is 2.58 bits per heavy atom. The van der Waals surface area contributed by atoms with Gasteiger partial charge in [-0.1, -0.05) is 23.7 Å². The fourth-order valence-corrected chi connectivity index (χ4v) is 1.68. The SMILES string of the molecule is Fc1ccc(CNC(=S)Nc2ccc(Cl)cn2)cc1. The van der Waals surface area contributed by atoms with Gasteiger partial charge in [0.15, 0.2) is 5.11 Å². The predicted molar refractivity (Wildman–Crippen MR) is 78.7 cm³/mol. The first-order chi connectivity index (χ1) is 9.13. The van der Waals surface area contributed by atoms with Crippen LogP contribution in [0.3, 0.4) is 0 Å². The number of benzene rings is 1. The second kappa shape index (κ2) is 6.45. The standard InChI is InChI=1S/C13H11ClFN3S/c14-10-3-6-12(16-8-10)18-13(19)17-7-9-1-4-11(15)5-2-9/h1-6,8H,7H2,(H2,16,17,18,19). The maximum Gasteiger partial charge on any atom is 0.172 e. The van der Waals surface area contributed by atoms with Crippen LogP contribution in [0.4, 0.5) is 10.2 Å². The van der Waals surface area contributed by atoms with Gasteiger partial charge in [0.1, 0.15) is 11.6 Å². The second-order valence-electron chi connectivity index (χ2n) is 3.80. The van der Waals surface area contributed by atoms with Gasteiger partial charge in [-0.25, -0.2) is 9.37 Å². The summed E-state index contributed by atoms with van der Waals surface area (Å²) in [7, 11) is 0. The Labute approximate surface area is 120 Å². The van der Waals surface area contributed by atoms with Gasteiger partial charge in [0.25, 0.3) is 0 Å². The molecule has 2 N–H and O–H groups in total. The molecule has 1 aromatic heterocycles. The molecular formula is C13H11ClFN3S. The Kier molecular flexibility index (Phi) is 4.65. The van der Waals surface area contributed by atoms with E-state index >= 15 is 0 Å². The Balaban J connectivity index is 1.84. The molecule has 0 unspecified atom stereocenters. The predicted octanol–water partition coefficient (Wildman–Crippen LogP) is 3.36. The van der Waals surface area contributed by atoms with Crippen molar-refractivity contribution in [2.45, 2.75) is 6.54 Å². The summed E-state index contributed by atoms with van der Waals surface area (Å²) in [6.07, 6.45) is 1.53. The minimum absolute atomic E-state index is 0.255. The quantitative estimate of drug-likeness (QED) is 0.852. The Bertz CT molecular complexity index is 557. The summed E-state index contributed by atoms with van der Waals surface area (Å²) in [6, 6.07) is 9.67. The van der Waals surface area contributed by atoms with Crippen molar-refractivity contribution in [2.75, 3.05) is 5.32 Å².